The highest BCUT2D eigenvalue weighted by atomic mass is 32.1. The number of aryl methyl sites for hydroxylation is 1. The number of aliphatic carboxylic acids is 1. The van der Waals surface area contributed by atoms with E-state index >= 15 is 0 Å². The van der Waals surface area contributed by atoms with Crippen molar-refractivity contribution in [2.45, 2.75) is 39.2 Å². The number of carbonyl (C=O) groups is 2. The van der Waals surface area contributed by atoms with Gasteiger partial charge in [-0.25, -0.2) is 0 Å². The first-order chi connectivity index (χ1) is 7.88. The molecule has 0 radical (unpaired) electrons. The van der Waals surface area contributed by atoms with Crippen molar-refractivity contribution in [1.82, 2.24) is 5.32 Å². The Kier molecular flexibility index (Phi) is 4.28. The molecule has 2 N–H and O–H groups in total. The van der Waals surface area contributed by atoms with E-state index in [2.05, 4.69) is 5.32 Å². The number of thiophene rings is 1. The Balaban J connectivity index is 2.79. The summed E-state index contributed by atoms with van der Waals surface area (Å²) in [5, 5.41) is 13.5. The molecule has 0 saturated carbocycles. The number of carboxylic acids is 1. The van der Waals surface area contributed by atoms with Crippen molar-refractivity contribution < 1.29 is 14.7 Å². The van der Waals surface area contributed by atoms with Crippen molar-refractivity contribution in [3.05, 3.63) is 21.9 Å². The van der Waals surface area contributed by atoms with Gasteiger partial charge in [-0.15, -0.1) is 11.3 Å². The van der Waals surface area contributed by atoms with Crippen molar-refractivity contribution in [2.75, 3.05) is 0 Å². The maximum atomic E-state index is 12.0. The second kappa shape index (κ2) is 5.31. The van der Waals surface area contributed by atoms with Crippen LogP contribution in [-0.4, -0.2) is 22.5 Å². The first-order valence-electron chi connectivity index (χ1n) is 5.46. The number of carboxylic acid groups (broad SMARTS) is 1. The Hall–Kier alpha value is -1.36. The molecular formula is C12H17NO3S. The minimum atomic E-state index is -0.905. The summed E-state index contributed by atoms with van der Waals surface area (Å²) in [5.74, 6) is -1.10. The van der Waals surface area contributed by atoms with E-state index in [0.29, 0.717) is 11.3 Å². The van der Waals surface area contributed by atoms with Gasteiger partial charge in [-0.2, -0.15) is 0 Å². The van der Waals surface area contributed by atoms with E-state index < -0.39 is 11.5 Å². The Morgan fingerprint density at radius 1 is 1.53 bits per heavy atom. The summed E-state index contributed by atoms with van der Waals surface area (Å²) in [7, 11) is 0. The van der Waals surface area contributed by atoms with Gasteiger partial charge in [-0.1, -0.05) is 6.92 Å². The zero-order valence-corrected chi connectivity index (χ0v) is 11.1. The van der Waals surface area contributed by atoms with Gasteiger partial charge in [-0.3, -0.25) is 9.59 Å². The summed E-state index contributed by atoms with van der Waals surface area (Å²) < 4.78 is 0. The molecule has 0 bridgehead atoms. The van der Waals surface area contributed by atoms with E-state index in [9.17, 15) is 9.59 Å². The molecule has 1 heterocycles. The van der Waals surface area contributed by atoms with E-state index in [4.69, 9.17) is 5.11 Å². The van der Waals surface area contributed by atoms with E-state index in [1.54, 1.807) is 6.92 Å². The maximum absolute atomic E-state index is 12.0. The molecule has 0 aliphatic rings. The molecule has 1 atom stereocenters. The Morgan fingerprint density at radius 3 is 2.59 bits per heavy atom. The second-order valence-corrected chi connectivity index (χ2v) is 5.29. The molecule has 0 spiro atoms. The van der Waals surface area contributed by atoms with Crippen LogP contribution in [0, 0.1) is 6.92 Å². The average molecular weight is 255 g/mol. The largest absolute Gasteiger partial charge is 0.481 e. The van der Waals surface area contributed by atoms with Gasteiger partial charge in [0.15, 0.2) is 0 Å². The highest BCUT2D eigenvalue weighted by Crippen LogP contribution is 2.19. The fraction of sp³-hybridized carbons (Fsp3) is 0.500. The van der Waals surface area contributed by atoms with Gasteiger partial charge < -0.3 is 10.4 Å². The van der Waals surface area contributed by atoms with Crippen LogP contribution in [0.2, 0.25) is 0 Å². The van der Waals surface area contributed by atoms with Crippen LogP contribution in [0.1, 0.15) is 41.9 Å². The van der Waals surface area contributed by atoms with Crippen LogP contribution in [0.4, 0.5) is 0 Å². The number of hydrogen-bond acceptors (Lipinski definition) is 3. The topological polar surface area (TPSA) is 66.4 Å². The van der Waals surface area contributed by atoms with Crippen LogP contribution in [0.3, 0.4) is 0 Å². The molecule has 0 saturated heterocycles. The molecule has 0 aliphatic carbocycles. The summed E-state index contributed by atoms with van der Waals surface area (Å²) >= 11 is 1.37. The van der Waals surface area contributed by atoms with Gasteiger partial charge in [0.05, 0.1) is 11.3 Å². The van der Waals surface area contributed by atoms with Crippen molar-refractivity contribution in [3.63, 3.8) is 0 Å². The summed E-state index contributed by atoms with van der Waals surface area (Å²) in [4.78, 5) is 23.4. The molecular weight excluding hydrogens is 238 g/mol. The smallest absolute Gasteiger partial charge is 0.305 e. The van der Waals surface area contributed by atoms with Gasteiger partial charge in [0, 0.05) is 5.54 Å². The zero-order chi connectivity index (χ0) is 13.1. The molecule has 0 aliphatic heterocycles. The van der Waals surface area contributed by atoms with Crippen LogP contribution in [0.5, 0.6) is 0 Å². The normalized spacial score (nSPS) is 14.1. The van der Waals surface area contributed by atoms with Gasteiger partial charge in [0.1, 0.15) is 0 Å². The molecule has 4 nitrogen and oxygen atoms in total. The van der Waals surface area contributed by atoms with Crippen LogP contribution < -0.4 is 5.32 Å². The van der Waals surface area contributed by atoms with Crippen molar-refractivity contribution in [2.24, 2.45) is 0 Å². The molecule has 0 aromatic carbocycles. The minimum Gasteiger partial charge on any atom is -0.481 e. The van der Waals surface area contributed by atoms with E-state index in [0.717, 1.165) is 5.56 Å². The average Bonchev–Trinajstić information content (AvgIpc) is 2.63. The fourth-order valence-electron chi connectivity index (χ4n) is 1.53. The maximum Gasteiger partial charge on any atom is 0.305 e. The summed E-state index contributed by atoms with van der Waals surface area (Å²) in [6.07, 6.45) is 0.509. The lowest BCUT2D eigenvalue weighted by atomic mass is 9.94. The summed E-state index contributed by atoms with van der Waals surface area (Å²) in [6, 6.07) is 1.88. The number of nitrogens with one attached hydrogen (secondary N) is 1. The third kappa shape index (κ3) is 3.56. The molecule has 1 rings (SSSR count). The highest BCUT2D eigenvalue weighted by molar-refractivity contribution is 7.12. The Bertz CT molecular complexity index is 427. The zero-order valence-electron chi connectivity index (χ0n) is 10.2. The molecule has 94 valence electrons. The molecule has 1 amide bonds. The third-order valence-corrected chi connectivity index (χ3v) is 3.82. The predicted molar refractivity (Wildman–Crippen MR) is 67.5 cm³/mol. The van der Waals surface area contributed by atoms with Crippen LogP contribution >= 0.6 is 11.3 Å². The van der Waals surface area contributed by atoms with Crippen molar-refractivity contribution in [3.8, 4) is 0 Å². The monoisotopic (exact) mass is 255 g/mol. The first-order valence-corrected chi connectivity index (χ1v) is 6.34. The summed E-state index contributed by atoms with van der Waals surface area (Å²) in [6.45, 7) is 5.48. The Labute approximate surface area is 105 Å². The van der Waals surface area contributed by atoms with E-state index in [-0.39, 0.29) is 12.3 Å². The number of amides is 1. The second-order valence-electron chi connectivity index (χ2n) is 4.37. The number of carbonyl (C=O) groups excluding carboxylic acids is 1. The van der Waals surface area contributed by atoms with Gasteiger partial charge >= 0.3 is 5.97 Å². The molecule has 1 aromatic rings. The summed E-state index contributed by atoms with van der Waals surface area (Å²) in [5.41, 5.74) is 0.223. The Morgan fingerprint density at radius 2 is 2.18 bits per heavy atom. The lowest BCUT2D eigenvalue weighted by molar-refractivity contribution is -0.138. The van der Waals surface area contributed by atoms with Crippen LogP contribution in [-0.2, 0) is 4.79 Å². The molecule has 0 fully saturated rings. The van der Waals surface area contributed by atoms with Crippen LogP contribution in [0.15, 0.2) is 11.4 Å². The lowest BCUT2D eigenvalue weighted by Crippen LogP contribution is -2.46. The highest BCUT2D eigenvalue weighted by Gasteiger charge is 2.28. The molecule has 1 unspecified atom stereocenters. The van der Waals surface area contributed by atoms with Crippen molar-refractivity contribution in [1.29, 1.82) is 0 Å². The van der Waals surface area contributed by atoms with Gasteiger partial charge in [0.2, 0.25) is 0 Å². The van der Waals surface area contributed by atoms with Crippen LogP contribution in [0.25, 0.3) is 0 Å². The SMILES string of the molecule is CCC(C)(CC(=O)O)NC(=O)c1sccc1C. The standard InChI is InChI=1S/C12H17NO3S/c1-4-12(3,7-9(14)15)13-11(16)10-8(2)5-6-17-10/h5-6H,4,7H2,1-3H3,(H,13,16)(H,14,15). The molecule has 1 aromatic heterocycles. The molecule has 17 heavy (non-hydrogen) atoms. The lowest BCUT2D eigenvalue weighted by Gasteiger charge is -2.27. The van der Waals surface area contributed by atoms with Gasteiger partial charge in [-0.05, 0) is 37.3 Å². The van der Waals surface area contributed by atoms with E-state index in [1.807, 2.05) is 25.3 Å². The predicted octanol–water partition coefficient (Wildman–Crippen LogP) is 2.43. The number of rotatable bonds is 5. The minimum absolute atomic E-state index is 0.0698. The van der Waals surface area contributed by atoms with Gasteiger partial charge in [0.25, 0.3) is 5.91 Å². The van der Waals surface area contributed by atoms with Crippen molar-refractivity contribution >= 4 is 23.2 Å². The first kappa shape index (κ1) is 13.7. The van der Waals surface area contributed by atoms with E-state index in [1.165, 1.54) is 11.3 Å². The third-order valence-electron chi connectivity index (χ3n) is 2.81. The molecule has 5 heteroatoms. The quantitative estimate of drug-likeness (QED) is 0.849. The fourth-order valence-corrected chi connectivity index (χ4v) is 2.35. The number of hydrogen-bond donors (Lipinski definition) is 2.